The van der Waals surface area contributed by atoms with Gasteiger partial charge in [-0.1, -0.05) is 25.5 Å². The van der Waals surface area contributed by atoms with Crippen LogP contribution >= 0.6 is 0 Å². The summed E-state index contributed by atoms with van der Waals surface area (Å²) in [6, 6.07) is 6.94. The second kappa shape index (κ2) is 5.11. The molecule has 0 saturated heterocycles. The van der Waals surface area contributed by atoms with Gasteiger partial charge in [-0.3, -0.25) is 0 Å². The number of halogens is 3. The fourth-order valence-electron chi connectivity index (χ4n) is 2.00. The summed E-state index contributed by atoms with van der Waals surface area (Å²) in [6.45, 7) is 3.95. The van der Waals surface area contributed by atoms with Crippen molar-refractivity contribution in [3.05, 3.63) is 47.2 Å². The minimum atomic E-state index is -4.30. The van der Waals surface area contributed by atoms with Crippen molar-refractivity contribution < 1.29 is 17.6 Å². The van der Waals surface area contributed by atoms with E-state index in [0.29, 0.717) is 11.3 Å². The van der Waals surface area contributed by atoms with E-state index < -0.39 is 11.7 Å². The van der Waals surface area contributed by atoms with E-state index in [-0.39, 0.29) is 0 Å². The van der Waals surface area contributed by atoms with Crippen molar-refractivity contribution in [1.29, 1.82) is 0 Å². The van der Waals surface area contributed by atoms with Crippen LogP contribution in [0, 0.1) is 6.92 Å². The number of rotatable bonds is 3. The standard InChI is InChI=1S/C15H15F3O/c1-3-4-12-9-14(19-10(12)2)11-5-7-13(8-6-11)15(16,17)18/h5-9H,3-4H2,1-2H3. The molecule has 1 heterocycles. The maximum absolute atomic E-state index is 12.5. The first-order chi connectivity index (χ1) is 8.91. The second-order valence-corrected chi connectivity index (χ2v) is 4.52. The Morgan fingerprint density at radius 1 is 1.11 bits per heavy atom. The molecular formula is C15H15F3O. The predicted octanol–water partition coefficient (Wildman–Crippen LogP) is 5.23. The molecule has 0 radical (unpaired) electrons. The molecule has 0 atom stereocenters. The van der Waals surface area contributed by atoms with Crippen LogP contribution in [-0.4, -0.2) is 0 Å². The number of furan rings is 1. The van der Waals surface area contributed by atoms with E-state index in [2.05, 4.69) is 6.92 Å². The summed E-state index contributed by atoms with van der Waals surface area (Å²) in [5.41, 5.74) is 1.13. The Morgan fingerprint density at radius 3 is 2.26 bits per heavy atom. The number of alkyl halides is 3. The molecule has 1 aromatic heterocycles. The van der Waals surface area contributed by atoms with Gasteiger partial charge in [0.25, 0.3) is 0 Å². The Kier molecular flexibility index (Phi) is 3.69. The molecule has 0 amide bonds. The molecule has 0 fully saturated rings. The Bertz CT molecular complexity index is 550. The summed E-state index contributed by atoms with van der Waals surface area (Å²) in [4.78, 5) is 0. The van der Waals surface area contributed by atoms with Gasteiger partial charge in [0.2, 0.25) is 0 Å². The molecule has 0 spiro atoms. The molecule has 1 nitrogen and oxygen atoms in total. The van der Waals surface area contributed by atoms with Gasteiger partial charge in [-0.2, -0.15) is 13.2 Å². The highest BCUT2D eigenvalue weighted by molar-refractivity contribution is 5.59. The molecule has 0 aliphatic heterocycles. The van der Waals surface area contributed by atoms with Gasteiger partial charge in [0.1, 0.15) is 11.5 Å². The van der Waals surface area contributed by atoms with E-state index in [1.54, 1.807) is 0 Å². The maximum Gasteiger partial charge on any atom is 0.416 e. The van der Waals surface area contributed by atoms with E-state index in [0.717, 1.165) is 36.3 Å². The minimum Gasteiger partial charge on any atom is -0.461 e. The largest absolute Gasteiger partial charge is 0.461 e. The zero-order chi connectivity index (χ0) is 14.0. The Morgan fingerprint density at radius 2 is 1.74 bits per heavy atom. The summed E-state index contributed by atoms with van der Waals surface area (Å²) in [5.74, 6) is 1.45. The molecule has 0 unspecified atom stereocenters. The lowest BCUT2D eigenvalue weighted by atomic mass is 10.1. The minimum absolute atomic E-state index is 0.620. The van der Waals surface area contributed by atoms with E-state index in [4.69, 9.17) is 4.42 Å². The Hall–Kier alpha value is -1.71. The van der Waals surface area contributed by atoms with Crippen molar-refractivity contribution >= 4 is 0 Å². The van der Waals surface area contributed by atoms with Crippen LogP contribution in [0.2, 0.25) is 0 Å². The first-order valence-electron chi connectivity index (χ1n) is 6.18. The normalized spacial score (nSPS) is 11.8. The fraction of sp³-hybridized carbons (Fsp3) is 0.333. The number of hydrogen-bond acceptors (Lipinski definition) is 1. The number of hydrogen-bond donors (Lipinski definition) is 0. The van der Waals surface area contributed by atoms with Crippen LogP contribution in [0.1, 0.15) is 30.2 Å². The second-order valence-electron chi connectivity index (χ2n) is 4.52. The van der Waals surface area contributed by atoms with Crippen LogP contribution in [0.25, 0.3) is 11.3 Å². The Balaban J connectivity index is 2.30. The molecular weight excluding hydrogens is 253 g/mol. The first kappa shape index (κ1) is 13.7. The molecule has 0 saturated carbocycles. The molecule has 1 aromatic carbocycles. The fourth-order valence-corrected chi connectivity index (χ4v) is 2.00. The topological polar surface area (TPSA) is 13.1 Å². The zero-order valence-electron chi connectivity index (χ0n) is 10.8. The Labute approximate surface area is 110 Å². The first-order valence-corrected chi connectivity index (χ1v) is 6.18. The molecule has 0 N–H and O–H groups in total. The van der Waals surface area contributed by atoms with Crippen LogP contribution in [0.5, 0.6) is 0 Å². The highest BCUT2D eigenvalue weighted by atomic mass is 19.4. The van der Waals surface area contributed by atoms with E-state index in [1.807, 2.05) is 13.0 Å². The average molecular weight is 268 g/mol. The third-order valence-electron chi connectivity index (χ3n) is 3.04. The average Bonchev–Trinajstić information content (AvgIpc) is 2.71. The molecule has 0 aliphatic carbocycles. The van der Waals surface area contributed by atoms with Crippen LogP contribution in [0.15, 0.2) is 34.7 Å². The lowest BCUT2D eigenvalue weighted by Gasteiger charge is -2.06. The van der Waals surface area contributed by atoms with Crippen molar-refractivity contribution in [1.82, 2.24) is 0 Å². The summed E-state index contributed by atoms with van der Waals surface area (Å²) in [7, 11) is 0. The zero-order valence-corrected chi connectivity index (χ0v) is 10.8. The number of aryl methyl sites for hydroxylation is 2. The summed E-state index contributed by atoms with van der Waals surface area (Å²) in [5, 5.41) is 0. The highest BCUT2D eigenvalue weighted by Crippen LogP contribution is 2.32. The number of benzene rings is 1. The van der Waals surface area contributed by atoms with Gasteiger partial charge < -0.3 is 4.42 Å². The highest BCUT2D eigenvalue weighted by Gasteiger charge is 2.30. The van der Waals surface area contributed by atoms with Crippen LogP contribution in [-0.2, 0) is 12.6 Å². The van der Waals surface area contributed by atoms with Gasteiger partial charge >= 0.3 is 6.18 Å². The third kappa shape index (κ3) is 3.00. The lowest BCUT2D eigenvalue weighted by Crippen LogP contribution is -2.03. The summed E-state index contributed by atoms with van der Waals surface area (Å²) >= 11 is 0. The third-order valence-corrected chi connectivity index (χ3v) is 3.04. The van der Waals surface area contributed by atoms with Crippen molar-refractivity contribution in [2.45, 2.75) is 32.9 Å². The molecule has 2 rings (SSSR count). The molecule has 4 heteroatoms. The van der Waals surface area contributed by atoms with Gasteiger partial charge in [-0.15, -0.1) is 0 Å². The summed E-state index contributed by atoms with van der Waals surface area (Å²) in [6.07, 6.45) is -2.38. The van der Waals surface area contributed by atoms with Crippen molar-refractivity contribution in [2.75, 3.05) is 0 Å². The van der Waals surface area contributed by atoms with Crippen LogP contribution in [0.3, 0.4) is 0 Å². The van der Waals surface area contributed by atoms with Crippen molar-refractivity contribution in [3.63, 3.8) is 0 Å². The van der Waals surface area contributed by atoms with Crippen LogP contribution < -0.4 is 0 Å². The van der Waals surface area contributed by atoms with Gasteiger partial charge in [0, 0.05) is 5.56 Å². The smallest absolute Gasteiger partial charge is 0.416 e. The van der Waals surface area contributed by atoms with Crippen molar-refractivity contribution in [3.8, 4) is 11.3 Å². The maximum atomic E-state index is 12.5. The molecule has 19 heavy (non-hydrogen) atoms. The van der Waals surface area contributed by atoms with Gasteiger partial charge in [-0.05, 0) is 37.1 Å². The van der Waals surface area contributed by atoms with Gasteiger partial charge in [0.15, 0.2) is 0 Å². The molecule has 2 aromatic rings. The van der Waals surface area contributed by atoms with E-state index in [1.165, 1.54) is 12.1 Å². The van der Waals surface area contributed by atoms with Crippen LogP contribution in [0.4, 0.5) is 13.2 Å². The molecule has 0 aliphatic rings. The van der Waals surface area contributed by atoms with Crippen molar-refractivity contribution in [2.24, 2.45) is 0 Å². The lowest BCUT2D eigenvalue weighted by molar-refractivity contribution is -0.137. The van der Waals surface area contributed by atoms with E-state index in [9.17, 15) is 13.2 Å². The SMILES string of the molecule is CCCc1cc(-c2ccc(C(F)(F)F)cc2)oc1C. The molecule has 0 bridgehead atoms. The summed E-state index contributed by atoms with van der Waals surface area (Å²) < 4.78 is 43.0. The monoisotopic (exact) mass is 268 g/mol. The quantitative estimate of drug-likeness (QED) is 0.743. The predicted molar refractivity (Wildman–Crippen MR) is 67.9 cm³/mol. The molecule has 102 valence electrons. The van der Waals surface area contributed by atoms with Gasteiger partial charge in [0.05, 0.1) is 5.56 Å². The van der Waals surface area contributed by atoms with E-state index >= 15 is 0 Å². The van der Waals surface area contributed by atoms with Gasteiger partial charge in [-0.25, -0.2) is 0 Å².